The molecule has 108 valence electrons. The molecule has 0 aromatic heterocycles. The maximum absolute atomic E-state index is 12.6. The number of hydrogen-bond acceptors (Lipinski definition) is 1. The summed E-state index contributed by atoms with van der Waals surface area (Å²) in [4.78, 5) is 14.6. The van der Waals surface area contributed by atoms with Gasteiger partial charge in [0.25, 0.3) is 0 Å². The molecule has 4 atom stereocenters. The Bertz CT molecular complexity index is 516. The van der Waals surface area contributed by atoms with E-state index in [2.05, 4.69) is 38.1 Å². The quantitative estimate of drug-likeness (QED) is 0.757. The normalized spacial score (nSPS) is 35.1. The van der Waals surface area contributed by atoms with E-state index in [-0.39, 0.29) is 23.9 Å². The topological polar surface area (TPSA) is 20.3 Å². The van der Waals surface area contributed by atoms with Gasteiger partial charge in [-0.05, 0) is 32.3 Å². The first-order valence-corrected chi connectivity index (χ1v) is 7.92. The van der Waals surface area contributed by atoms with E-state index in [1.807, 2.05) is 11.0 Å². The Morgan fingerprint density at radius 1 is 1.25 bits per heavy atom. The Labute approximate surface area is 130 Å². The predicted octanol–water partition coefficient (Wildman–Crippen LogP) is 3.97. The van der Waals surface area contributed by atoms with Gasteiger partial charge < -0.3 is 4.90 Å². The summed E-state index contributed by atoms with van der Waals surface area (Å²) in [5.74, 6) is 0.299. The van der Waals surface area contributed by atoms with E-state index in [4.69, 9.17) is 23.2 Å². The summed E-state index contributed by atoms with van der Waals surface area (Å²) in [6, 6.07) is 10.9. The van der Waals surface area contributed by atoms with Crippen LogP contribution in [0.3, 0.4) is 0 Å². The predicted molar refractivity (Wildman–Crippen MR) is 82.1 cm³/mol. The monoisotopic (exact) mass is 311 g/mol. The number of carbonyl (C=O) groups excluding carboxylic acids is 1. The number of amides is 1. The molecule has 20 heavy (non-hydrogen) atoms. The van der Waals surface area contributed by atoms with Gasteiger partial charge in [0.1, 0.15) is 4.33 Å². The molecule has 2 nitrogen and oxygen atoms in total. The van der Waals surface area contributed by atoms with Crippen molar-refractivity contribution < 1.29 is 4.79 Å². The standard InChI is InChI=1S/C16H19Cl2NO/c1-10-8-13(12-6-4-3-5-7-12)11(2)19(10)15(20)14-9-16(14,17)18/h3-7,10-11,13-14H,8-9H2,1-2H3. The van der Waals surface area contributed by atoms with Crippen molar-refractivity contribution in [2.75, 3.05) is 0 Å². The fourth-order valence-electron chi connectivity index (χ4n) is 3.47. The lowest BCUT2D eigenvalue weighted by atomic mass is 9.92. The van der Waals surface area contributed by atoms with Gasteiger partial charge in [0, 0.05) is 18.0 Å². The number of halogens is 2. The number of rotatable bonds is 2. The number of hydrogen-bond donors (Lipinski definition) is 0. The number of likely N-dealkylation sites (tertiary alicyclic amines) is 1. The summed E-state index contributed by atoms with van der Waals surface area (Å²) in [7, 11) is 0. The second-order valence-electron chi connectivity index (χ2n) is 6.11. The van der Waals surface area contributed by atoms with Crippen LogP contribution in [0.5, 0.6) is 0 Å². The van der Waals surface area contributed by atoms with Gasteiger partial charge in [0.2, 0.25) is 5.91 Å². The molecule has 0 bridgehead atoms. The number of alkyl halides is 2. The van der Waals surface area contributed by atoms with Gasteiger partial charge >= 0.3 is 0 Å². The number of benzene rings is 1. The second kappa shape index (κ2) is 4.92. The van der Waals surface area contributed by atoms with Crippen molar-refractivity contribution in [3.63, 3.8) is 0 Å². The molecule has 1 aliphatic carbocycles. The van der Waals surface area contributed by atoms with E-state index in [1.165, 1.54) is 5.56 Å². The van der Waals surface area contributed by atoms with Crippen LogP contribution in [0.25, 0.3) is 0 Å². The highest BCUT2D eigenvalue weighted by atomic mass is 35.5. The largest absolute Gasteiger partial charge is 0.336 e. The lowest BCUT2D eigenvalue weighted by Crippen LogP contribution is -2.41. The minimum Gasteiger partial charge on any atom is -0.336 e. The summed E-state index contributed by atoms with van der Waals surface area (Å²) >= 11 is 12.1. The molecule has 1 heterocycles. The highest BCUT2D eigenvalue weighted by Crippen LogP contribution is 2.55. The Morgan fingerprint density at radius 3 is 2.40 bits per heavy atom. The van der Waals surface area contributed by atoms with Gasteiger partial charge in [-0.25, -0.2) is 0 Å². The van der Waals surface area contributed by atoms with E-state index in [0.717, 1.165) is 6.42 Å². The van der Waals surface area contributed by atoms with Crippen LogP contribution in [0, 0.1) is 5.92 Å². The molecule has 1 aromatic rings. The van der Waals surface area contributed by atoms with Crippen molar-refractivity contribution in [3.05, 3.63) is 35.9 Å². The summed E-state index contributed by atoms with van der Waals surface area (Å²) in [5, 5.41) is 0. The molecule has 2 fully saturated rings. The second-order valence-corrected chi connectivity index (χ2v) is 7.65. The first-order valence-electron chi connectivity index (χ1n) is 7.17. The van der Waals surface area contributed by atoms with Crippen LogP contribution in [0.1, 0.15) is 38.2 Å². The molecule has 0 radical (unpaired) electrons. The maximum atomic E-state index is 12.6. The molecular weight excluding hydrogens is 293 g/mol. The van der Waals surface area contributed by atoms with Crippen LogP contribution >= 0.6 is 23.2 Å². The van der Waals surface area contributed by atoms with Gasteiger partial charge in [-0.15, -0.1) is 23.2 Å². The fraction of sp³-hybridized carbons (Fsp3) is 0.562. The van der Waals surface area contributed by atoms with Crippen LogP contribution in [-0.2, 0) is 4.79 Å². The van der Waals surface area contributed by atoms with Crippen molar-refractivity contribution in [2.24, 2.45) is 5.92 Å². The summed E-state index contributed by atoms with van der Waals surface area (Å²) in [6.45, 7) is 4.25. The Hall–Kier alpha value is -0.730. The molecular formula is C16H19Cl2NO. The smallest absolute Gasteiger partial charge is 0.229 e. The lowest BCUT2D eigenvalue weighted by Gasteiger charge is -2.28. The van der Waals surface area contributed by atoms with Crippen molar-refractivity contribution in [1.82, 2.24) is 4.90 Å². The third kappa shape index (κ3) is 2.33. The molecule has 1 amide bonds. The van der Waals surface area contributed by atoms with E-state index in [0.29, 0.717) is 12.3 Å². The average molecular weight is 312 g/mol. The average Bonchev–Trinajstić information content (AvgIpc) is 2.95. The van der Waals surface area contributed by atoms with Crippen LogP contribution in [0.15, 0.2) is 30.3 Å². The minimum atomic E-state index is -0.832. The SMILES string of the molecule is CC1CC(c2ccccc2)C(C)N1C(=O)C1CC1(Cl)Cl. The number of nitrogens with zero attached hydrogens (tertiary/aromatic N) is 1. The first kappa shape index (κ1) is 14.2. The van der Waals surface area contributed by atoms with Crippen molar-refractivity contribution in [2.45, 2.75) is 49.0 Å². The third-order valence-electron chi connectivity index (χ3n) is 4.70. The summed E-state index contributed by atoms with van der Waals surface area (Å²) in [6.07, 6.45) is 1.59. The third-order valence-corrected chi connectivity index (χ3v) is 5.53. The molecule has 1 saturated carbocycles. The molecule has 3 rings (SSSR count). The van der Waals surface area contributed by atoms with E-state index in [9.17, 15) is 4.79 Å². The van der Waals surface area contributed by atoms with E-state index >= 15 is 0 Å². The zero-order valence-corrected chi connectivity index (χ0v) is 13.2. The number of carbonyl (C=O) groups is 1. The lowest BCUT2D eigenvalue weighted by molar-refractivity contribution is -0.135. The van der Waals surface area contributed by atoms with Gasteiger partial charge in [-0.1, -0.05) is 30.3 Å². The first-order chi connectivity index (χ1) is 9.42. The minimum absolute atomic E-state index is 0.119. The summed E-state index contributed by atoms with van der Waals surface area (Å²) < 4.78 is -0.832. The highest BCUT2D eigenvalue weighted by Gasteiger charge is 2.59. The highest BCUT2D eigenvalue weighted by molar-refractivity contribution is 6.52. The van der Waals surface area contributed by atoms with E-state index < -0.39 is 4.33 Å². The molecule has 1 aliphatic heterocycles. The Balaban J connectivity index is 1.79. The van der Waals surface area contributed by atoms with E-state index in [1.54, 1.807) is 0 Å². The van der Waals surface area contributed by atoms with Crippen molar-refractivity contribution in [3.8, 4) is 0 Å². The van der Waals surface area contributed by atoms with Crippen LogP contribution in [0.4, 0.5) is 0 Å². The van der Waals surface area contributed by atoms with Crippen molar-refractivity contribution in [1.29, 1.82) is 0 Å². The molecule has 4 unspecified atom stereocenters. The van der Waals surface area contributed by atoms with Gasteiger partial charge in [0.05, 0.1) is 5.92 Å². The molecule has 4 heteroatoms. The Kier molecular flexibility index (Phi) is 3.50. The van der Waals surface area contributed by atoms with Crippen LogP contribution < -0.4 is 0 Å². The maximum Gasteiger partial charge on any atom is 0.229 e. The van der Waals surface area contributed by atoms with Crippen LogP contribution in [-0.4, -0.2) is 27.2 Å². The van der Waals surface area contributed by atoms with Crippen molar-refractivity contribution >= 4 is 29.1 Å². The van der Waals surface area contributed by atoms with Gasteiger partial charge in [-0.3, -0.25) is 4.79 Å². The van der Waals surface area contributed by atoms with Gasteiger partial charge in [-0.2, -0.15) is 0 Å². The zero-order valence-electron chi connectivity index (χ0n) is 11.7. The summed E-state index contributed by atoms with van der Waals surface area (Å²) in [5.41, 5.74) is 1.31. The molecule has 1 aromatic carbocycles. The molecule has 0 spiro atoms. The Morgan fingerprint density at radius 2 is 1.85 bits per heavy atom. The molecule has 0 N–H and O–H groups in total. The fourth-order valence-corrected chi connectivity index (χ4v) is 3.96. The van der Waals surface area contributed by atoms with Gasteiger partial charge in [0.15, 0.2) is 0 Å². The molecule has 1 saturated heterocycles. The zero-order chi connectivity index (χ0) is 14.5. The van der Waals surface area contributed by atoms with Crippen LogP contribution in [0.2, 0.25) is 0 Å². The molecule has 2 aliphatic rings.